The smallest absolute Gasteiger partial charge is 0.320 e. The van der Waals surface area contributed by atoms with Gasteiger partial charge in [0.15, 0.2) is 0 Å². The Morgan fingerprint density at radius 1 is 1.05 bits per heavy atom. The van der Waals surface area contributed by atoms with E-state index in [0.717, 1.165) is 32.4 Å². The number of amides is 2. The number of carbonyl (C=O) groups is 2. The van der Waals surface area contributed by atoms with E-state index in [4.69, 9.17) is 0 Å². The van der Waals surface area contributed by atoms with Gasteiger partial charge in [0.25, 0.3) is 0 Å². The van der Waals surface area contributed by atoms with Gasteiger partial charge in [-0.25, -0.2) is 4.79 Å². The molecule has 21 heavy (non-hydrogen) atoms. The number of hydrogen-bond acceptors (Lipinski definition) is 2. The van der Waals surface area contributed by atoms with Crippen molar-refractivity contribution in [2.75, 3.05) is 26.2 Å². The molecule has 120 valence electrons. The molecule has 5 heteroatoms. The van der Waals surface area contributed by atoms with Crippen molar-refractivity contribution in [1.29, 1.82) is 0 Å². The van der Waals surface area contributed by atoms with Gasteiger partial charge in [0.2, 0.25) is 0 Å². The summed E-state index contributed by atoms with van der Waals surface area (Å²) in [7, 11) is 0. The Morgan fingerprint density at radius 2 is 1.71 bits per heavy atom. The highest BCUT2D eigenvalue weighted by atomic mass is 16.4. The van der Waals surface area contributed by atoms with E-state index in [-0.39, 0.29) is 6.03 Å². The van der Waals surface area contributed by atoms with Gasteiger partial charge in [-0.1, -0.05) is 20.8 Å². The Bertz CT molecular complexity index is 422. The third kappa shape index (κ3) is 3.33. The van der Waals surface area contributed by atoms with Crippen LogP contribution in [0, 0.1) is 10.8 Å². The average Bonchev–Trinajstić information content (AvgIpc) is 2.79. The van der Waals surface area contributed by atoms with Crippen LogP contribution in [0.15, 0.2) is 0 Å². The molecule has 0 saturated carbocycles. The summed E-state index contributed by atoms with van der Waals surface area (Å²) in [4.78, 5) is 27.8. The fraction of sp³-hybridized carbons (Fsp3) is 0.875. The van der Waals surface area contributed by atoms with E-state index in [1.54, 1.807) is 4.90 Å². The van der Waals surface area contributed by atoms with Crippen LogP contribution in [-0.2, 0) is 4.79 Å². The van der Waals surface area contributed by atoms with E-state index in [1.807, 2.05) is 11.8 Å². The second-order valence-corrected chi connectivity index (χ2v) is 7.40. The largest absolute Gasteiger partial charge is 0.481 e. The minimum atomic E-state index is -0.766. The van der Waals surface area contributed by atoms with Crippen molar-refractivity contribution in [2.45, 2.75) is 52.9 Å². The van der Waals surface area contributed by atoms with E-state index in [0.29, 0.717) is 31.3 Å². The molecule has 0 bridgehead atoms. The number of likely N-dealkylation sites (tertiary alicyclic amines) is 2. The van der Waals surface area contributed by atoms with E-state index in [2.05, 4.69) is 13.8 Å². The number of urea groups is 1. The van der Waals surface area contributed by atoms with Crippen LogP contribution < -0.4 is 0 Å². The van der Waals surface area contributed by atoms with Crippen molar-refractivity contribution in [3.8, 4) is 0 Å². The average molecular weight is 296 g/mol. The predicted molar refractivity (Wildman–Crippen MR) is 81.2 cm³/mol. The fourth-order valence-electron chi connectivity index (χ4n) is 3.46. The van der Waals surface area contributed by atoms with Crippen molar-refractivity contribution in [1.82, 2.24) is 9.80 Å². The van der Waals surface area contributed by atoms with Gasteiger partial charge in [0.05, 0.1) is 5.41 Å². The van der Waals surface area contributed by atoms with E-state index < -0.39 is 11.4 Å². The van der Waals surface area contributed by atoms with Crippen LogP contribution in [0.25, 0.3) is 0 Å². The molecule has 2 aliphatic heterocycles. The maximum Gasteiger partial charge on any atom is 0.320 e. The molecule has 2 aliphatic rings. The fourth-order valence-corrected chi connectivity index (χ4v) is 3.46. The van der Waals surface area contributed by atoms with Crippen molar-refractivity contribution in [2.24, 2.45) is 10.8 Å². The summed E-state index contributed by atoms with van der Waals surface area (Å²) in [6, 6.07) is 0.0317. The summed E-state index contributed by atoms with van der Waals surface area (Å²) in [6.45, 7) is 8.92. The zero-order valence-electron chi connectivity index (χ0n) is 13.5. The molecular weight excluding hydrogens is 268 g/mol. The zero-order valence-corrected chi connectivity index (χ0v) is 13.5. The lowest BCUT2D eigenvalue weighted by molar-refractivity contribution is -0.148. The molecule has 0 aliphatic carbocycles. The molecule has 1 N–H and O–H groups in total. The molecule has 0 aromatic carbocycles. The first-order chi connectivity index (χ1) is 9.80. The monoisotopic (exact) mass is 296 g/mol. The molecule has 2 fully saturated rings. The number of nitrogens with zero attached hydrogens (tertiary/aromatic N) is 2. The minimum absolute atomic E-state index is 0.0317. The molecule has 2 saturated heterocycles. The maximum absolute atomic E-state index is 12.6. The van der Waals surface area contributed by atoms with E-state index >= 15 is 0 Å². The summed E-state index contributed by atoms with van der Waals surface area (Å²) in [5, 5.41) is 9.44. The standard InChI is InChI=1S/C16H28N2O3/c1-4-16(13(19)20)8-11-18(12-16)14(21)17-9-5-6-15(2,3)7-10-17/h4-12H2,1-3H3,(H,19,20). The quantitative estimate of drug-likeness (QED) is 0.852. The predicted octanol–water partition coefficient (Wildman–Crippen LogP) is 2.81. The van der Waals surface area contributed by atoms with Gasteiger partial charge < -0.3 is 14.9 Å². The van der Waals surface area contributed by atoms with Gasteiger partial charge in [-0.2, -0.15) is 0 Å². The third-order valence-corrected chi connectivity index (χ3v) is 5.37. The number of rotatable bonds is 2. The molecule has 0 spiro atoms. The first-order valence-corrected chi connectivity index (χ1v) is 8.07. The summed E-state index contributed by atoms with van der Waals surface area (Å²) in [6.07, 6.45) is 4.35. The second-order valence-electron chi connectivity index (χ2n) is 7.40. The van der Waals surface area contributed by atoms with Crippen molar-refractivity contribution in [3.63, 3.8) is 0 Å². The lowest BCUT2D eigenvalue weighted by atomic mass is 9.84. The van der Waals surface area contributed by atoms with Crippen LogP contribution in [0.4, 0.5) is 4.79 Å². The topological polar surface area (TPSA) is 60.9 Å². The zero-order chi connectivity index (χ0) is 15.7. The number of hydrogen-bond donors (Lipinski definition) is 1. The molecule has 2 rings (SSSR count). The van der Waals surface area contributed by atoms with E-state index in [1.165, 1.54) is 0 Å². The summed E-state index contributed by atoms with van der Waals surface area (Å²) >= 11 is 0. The SMILES string of the molecule is CCC1(C(=O)O)CCN(C(=O)N2CCCC(C)(C)CC2)C1. The van der Waals surface area contributed by atoms with Crippen LogP contribution in [0.3, 0.4) is 0 Å². The maximum atomic E-state index is 12.6. The number of carbonyl (C=O) groups excluding carboxylic acids is 1. The second kappa shape index (κ2) is 5.85. The Labute approximate surface area is 127 Å². The Kier molecular flexibility index (Phi) is 4.49. The summed E-state index contributed by atoms with van der Waals surface area (Å²) < 4.78 is 0. The Hall–Kier alpha value is -1.26. The summed E-state index contributed by atoms with van der Waals surface area (Å²) in [5.41, 5.74) is -0.435. The lowest BCUT2D eigenvalue weighted by Crippen LogP contribution is -2.44. The van der Waals surface area contributed by atoms with E-state index in [9.17, 15) is 14.7 Å². The van der Waals surface area contributed by atoms with Gasteiger partial charge in [-0.05, 0) is 37.5 Å². The molecule has 0 aromatic rings. The molecule has 1 unspecified atom stereocenters. The van der Waals surface area contributed by atoms with Crippen LogP contribution in [0.2, 0.25) is 0 Å². The van der Waals surface area contributed by atoms with Gasteiger partial charge in [-0.15, -0.1) is 0 Å². The van der Waals surface area contributed by atoms with Crippen LogP contribution >= 0.6 is 0 Å². The first-order valence-electron chi connectivity index (χ1n) is 8.07. The normalized spacial score (nSPS) is 29.3. The third-order valence-electron chi connectivity index (χ3n) is 5.37. The van der Waals surface area contributed by atoms with Crippen LogP contribution in [-0.4, -0.2) is 53.1 Å². The Morgan fingerprint density at radius 3 is 2.29 bits per heavy atom. The number of aliphatic carboxylic acids is 1. The van der Waals surface area contributed by atoms with Gasteiger partial charge in [0, 0.05) is 26.2 Å². The number of carboxylic acid groups (broad SMARTS) is 1. The molecule has 0 radical (unpaired) electrons. The Balaban J connectivity index is 2.00. The minimum Gasteiger partial charge on any atom is -0.481 e. The molecular formula is C16H28N2O3. The summed E-state index contributed by atoms with van der Waals surface area (Å²) in [5.74, 6) is -0.766. The lowest BCUT2D eigenvalue weighted by Gasteiger charge is -2.29. The van der Waals surface area contributed by atoms with Gasteiger partial charge in [-0.3, -0.25) is 4.79 Å². The molecule has 1 atom stereocenters. The number of carboxylic acids is 1. The van der Waals surface area contributed by atoms with Gasteiger partial charge in [0.1, 0.15) is 0 Å². The molecule has 0 aromatic heterocycles. The first kappa shape index (κ1) is 16.1. The van der Waals surface area contributed by atoms with Crippen LogP contribution in [0.5, 0.6) is 0 Å². The molecule has 5 nitrogen and oxygen atoms in total. The van der Waals surface area contributed by atoms with Crippen molar-refractivity contribution >= 4 is 12.0 Å². The highest BCUT2D eigenvalue weighted by Gasteiger charge is 2.45. The molecule has 2 heterocycles. The highest BCUT2D eigenvalue weighted by molar-refractivity contribution is 5.79. The van der Waals surface area contributed by atoms with Crippen LogP contribution in [0.1, 0.15) is 52.9 Å². The van der Waals surface area contributed by atoms with Crippen molar-refractivity contribution in [3.05, 3.63) is 0 Å². The van der Waals surface area contributed by atoms with Crippen molar-refractivity contribution < 1.29 is 14.7 Å². The van der Waals surface area contributed by atoms with Gasteiger partial charge >= 0.3 is 12.0 Å². The highest BCUT2D eigenvalue weighted by Crippen LogP contribution is 2.35. The molecule has 2 amide bonds.